The number of nitrogens with zero attached hydrogens (tertiary/aromatic N) is 1. The fraction of sp³-hybridized carbons (Fsp3) is 0.429. The highest BCUT2D eigenvalue weighted by Crippen LogP contribution is 2.35. The maximum Gasteiger partial charge on any atom is 0.418 e. The summed E-state index contributed by atoms with van der Waals surface area (Å²) in [7, 11) is 1.48. The molecule has 0 saturated heterocycles. The van der Waals surface area contributed by atoms with Crippen LogP contribution in [0, 0.1) is 0 Å². The van der Waals surface area contributed by atoms with E-state index in [0.29, 0.717) is 24.3 Å². The van der Waals surface area contributed by atoms with Gasteiger partial charge >= 0.3 is 6.18 Å². The van der Waals surface area contributed by atoms with Crippen LogP contribution in [0.5, 0.6) is 0 Å². The number of anilines is 1. The quantitative estimate of drug-likeness (QED) is 0.820. The predicted molar refractivity (Wildman–Crippen MR) is 75.7 cm³/mol. The van der Waals surface area contributed by atoms with Gasteiger partial charge in [0.15, 0.2) is 0 Å². The van der Waals surface area contributed by atoms with E-state index >= 15 is 0 Å². The molecule has 1 aliphatic rings. The number of hydrogen-bond donors (Lipinski definition) is 2. The molecule has 0 bridgehead atoms. The van der Waals surface area contributed by atoms with Crippen LogP contribution < -0.4 is 10.7 Å². The van der Waals surface area contributed by atoms with Crippen molar-refractivity contribution in [2.24, 2.45) is 5.10 Å². The molecule has 0 aliphatic carbocycles. The Morgan fingerprint density at radius 2 is 2.14 bits per heavy atom. The van der Waals surface area contributed by atoms with E-state index < -0.39 is 11.7 Å². The molecule has 1 amide bonds. The van der Waals surface area contributed by atoms with E-state index in [1.165, 1.54) is 13.2 Å². The second-order valence-corrected chi connectivity index (χ2v) is 4.77. The fourth-order valence-corrected chi connectivity index (χ4v) is 2.08. The van der Waals surface area contributed by atoms with Crippen LogP contribution in [0.15, 0.2) is 23.3 Å². The summed E-state index contributed by atoms with van der Waals surface area (Å²) >= 11 is 0. The number of halogens is 3. The van der Waals surface area contributed by atoms with Gasteiger partial charge in [-0.05, 0) is 17.7 Å². The zero-order valence-corrected chi connectivity index (χ0v) is 12.0. The number of carbonyl (C=O) groups is 1. The summed E-state index contributed by atoms with van der Waals surface area (Å²) in [4.78, 5) is 11.0. The van der Waals surface area contributed by atoms with Crippen LogP contribution in [-0.4, -0.2) is 31.9 Å². The van der Waals surface area contributed by atoms with Crippen molar-refractivity contribution in [3.63, 3.8) is 0 Å². The molecule has 1 aromatic rings. The van der Waals surface area contributed by atoms with Gasteiger partial charge in [0.05, 0.1) is 17.9 Å². The lowest BCUT2D eigenvalue weighted by Gasteiger charge is -2.18. The van der Waals surface area contributed by atoms with Gasteiger partial charge in [-0.3, -0.25) is 4.79 Å². The minimum atomic E-state index is -4.48. The molecule has 5 nitrogen and oxygen atoms in total. The van der Waals surface area contributed by atoms with Gasteiger partial charge in [-0.1, -0.05) is 6.07 Å². The Bertz CT molecular complexity index is 585. The van der Waals surface area contributed by atoms with E-state index in [2.05, 4.69) is 15.8 Å². The minimum absolute atomic E-state index is 0.00579. The Kier molecular flexibility index (Phi) is 5.02. The Hall–Kier alpha value is -2.09. The Morgan fingerprint density at radius 1 is 1.36 bits per heavy atom. The predicted octanol–water partition coefficient (Wildman–Crippen LogP) is 2.38. The summed E-state index contributed by atoms with van der Waals surface area (Å²) in [5.74, 6) is -0.238. The van der Waals surface area contributed by atoms with Crippen LogP contribution in [0.2, 0.25) is 0 Å². The van der Waals surface area contributed by atoms with Gasteiger partial charge in [0.1, 0.15) is 0 Å². The number of nitrogens with one attached hydrogen (secondary N) is 2. The van der Waals surface area contributed by atoms with E-state index in [4.69, 9.17) is 4.74 Å². The summed E-state index contributed by atoms with van der Waals surface area (Å²) < 4.78 is 44.4. The number of benzene rings is 1. The lowest BCUT2D eigenvalue weighted by atomic mass is 10.0. The molecule has 2 rings (SSSR count). The second kappa shape index (κ2) is 6.78. The third-order valence-corrected chi connectivity index (χ3v) is 3.18. The number of amides is 1. The molecule has 0 fully saturated rings. The van der Waals surface area contributed by atoms with Crippen LogP contribution in [0.25, 0.3) is 0 Å². The highest BCUT2D eigenvalue weighted by Gasteiger charge is 2.34. The summed E-state index contributed by atoms with van der Waals surface area (Å²) in [5.41, 5.74) is 2.30. The summed E-state index contributed by atoms with van der Waals surface area (Å²) in [5, 5.41) is 6.52. The first-order valence-corrected chi connectivity index (χ1v) is 6.71. The van der Waals surface area contributed by atoms with Gasteiger partial charge < -0.3 is 10.1 Å². The van der Waals surface area contributed by atoms with Gasteiger partial charge in [-0.25, -0.2) is 5.43 Å². The molecule has 0 spiro atoms. The van der Waals surface area contributed by atoms with Crippen molar-refractivity contribution >= 4 is 17.3 Å². The Balaban J connectivity index is 2.29. The molecular formula is C14H16F3N3O2. The first-order valence-electron chi connectivity index (χ1n) is 6.71. The number of methoxy groups -OCH3 is 1. The van der Waals surface area contributed by atoms with Crippen molar-refractivity contribution < 1.29 is 22.7 Å². The Morgan fingerprint density at radius 3 is 2.73 bits per heavy atom. The molecule has 8 heteroatoms. The molecule has 0 atom stereocenters. The molecule has 0 radical (unpaired) electrons. The van der Waals surface area contributed by atoms with E-state index in [1.54, 1.807) is 6.07 Å². The molecule has 1 heterocycles. The molecular weight excluding hydrogens is 299 g/mol. The summed E-state index contributed by atoms with van der Waals surface area (Å²) in [6, 6.07) is 3.97. The van der Waals surface area contributed by atoms with Crippen LogP contribution >= 0.6 is 0 Å². The fourth-order valence-electron chi connectivity index (χ4n) is 2.08. The van der Waals surface area contributed by atoms with Gasteiger partial charge in [-0.2, -0.15) is 18.3 Å². The third-order valence-electron chi connectivity index (χ3n) is 3.18. The number of ether oxygens (including phenoxy) is 1. The number of rotatable bonds is 5. The van der Waals surface area contributed by atoms with Gasteiger partial charge in [-0.15, -0.1) is 0 Å². The normalized spacial score (nSPS) is 15.3. The summed E-state index contributed by atoms with van der Waals surface area (Å²) in [6.07, 6.45) is -3.95. The lowest BCUT2D eigenvalue weighted by molar-refractivity contribution is -0.137. The monoisotopic (exact) mass is 315 g/mol. The first-order chi connectivity index (χ1) is 10.4. The molecule has 1 aromatic carbocycles. The number of hydrazone groups is 1. The van der Waals surface area contributed by atoms with Crippen molar-refractivity contribution in [1.29, 1.82) is 0 Å². The zero-order chi connectivity index (χ0) is 16.2. The van der Waals surface area contributed by atoms with Gasteiger partial charge in [0.2, 0.25) is 5.91 Å². The first kappa shape index (κ1) is 16.3. The third kappa shape index (κ3) is 3.97. The van der Waals surface area contributed by atoms with Crippen molar-refractivity contribution in [3.8, 4) is 0 Å². The number of hydrogen-bond acceptors (Lipinski definition) is 4. The molecule has 0 unspecified atom stereocenters. The molecule has 22 heavy (non-hydrogen) atoms. The second-order valence-electron chi connectivity index (χ2n) is 4.77. The number of carbonyl (C=O) groups excluding carboxylic acids is 1. The van der Waals surface area contributed by atoms with E-state index in [1.807, 2.05) is 0 Å². The molecule has 1 aliphatic heterocycles. The topological polar surface area (TPSA) is 62.7 Å². The molecule has 120 valence electrons. The lowest BCUT2D eigenvalue weighted by Crippen LogP contribution is -2.26. The largest absolute Gasteiger partial charge is 0.418 e. The number of alkyl halides is 3. The maximum atomic E-state index is 13.2. The van der Waals surface area contributed by atoms with Crippen LogP contribution in [0.1, 0.15) is 24.0 Å². The van der Waals surface area contributed by atoms with Crippen molar-refractivity contribution in [3.05, 3.63) is 29.3 Å². The smallest absolute Gasteiger partial charge is 0.383 e. The zero-order valence-electron chi connectivity index (χ0n) is 12.0. The average Bonchev–Trinajstić information content (AvgIpc) is 2.47. The van der Waals surface area contributed by atoms with Gasteiger partial charge in [0, 0.05) is 32.2 Å². The van der Waals surface area contributed by atoms with Crippen molar-refractivity contribution in [2.45, 2.75) is 19.0 Å². The van der Waals surface area contributed by atoms with Gasteiger partial charge in [0.25, 0.3) is 0 Å². The average molecular weight is 315 g/mol. The van der Waals surface area contributed by atoms with E-state index in [9.17, 15) is 18.0 Å². The highest BCUT2D eigenvalue weighted by atomic mass is 19.4. The maximum absolute atomic E-state index is 13.2. The van der Waals surface area contributed by atoms with Crippen LogP contribution in [0.4, 0.5) is 18.9 Å². The minimum Gasteiger partial charge on any atom is -0.383 e. The van der Waals surface area contributed by atoms with Crippen LogP contribution in [0.3, 0.4) is 0 Å². The molecule has 0 saturated carbocycles. The summed E-state index contributed by atoms with van der Waals surface area (Å²) in [6.45, 7) is 0.577. The van der Waals surface area contributed by atoms with E-state index in [-0.39, 0.29) is 24.6 Å². The van der Waals surface area contributed by atoms with E-state index in [0.717, 1.165) is 6.07 Å². The van der Waals surface area contributed by atoms with Crippen molar-refractivity contribution in [1.82, 2.24) is 5.43 Å². The van der Waals surface area contributed by atoms with Crippen LogP contribution in [-0.2, 0) is 15.7 Å². The SMILES string of the molecule is COCCNc1ccc(C2=NNC(=O)CC2)cc1C(F)(F)F. The highest BCUT2D eigenvalue weighted by molar-refractivity contribution is 6.04. The standard InChI is InChI=1S/C14H16F3N3O2/c1-22-7-6-18-12-3-2-9(8-10(12)14(15,16)17)11-4-5-13(21)20-19-11/h2-3,8,18H,4-7H2,1H3,(H,20,21). The molecule has 2 N–H and O–H groups in total. The Labute approximate surface area is 125 Å². The van der Waals surface area contributed by atoms with Crippen molar-refractivity contribution in [2.75, 3.05) is 25.6 Å². The molecule has 0 aromatic heterocycles.